The average molecular weight is 381 g/mol. The molecular weight excluding hydrogens is 366 g/mol. The zero-order valence-electron chi connectivity index (χ0n) is 11.9. The van der Waals surface area contributed by atoms with Gasteiger partial charge in [-0.15, -0.1) is 0 Å². The number of aromatic nitrogens is 2. The van der Waals surface area contributed by atoms with Crippen molar-refractivity contribution in [3.8, 4) is 0 Å². The predicted octanol–water partition coefficient (Wildman–Crippen LogP) is 3.75. The predicted molar refractivity (Wildman–Crippen MR) is 90.7 cm³/mol. The summed E-state index contributed by atoms with van der Waals surface area (Å²) in [7, 11) is 0. The first-order chi connectivity index (χ1) is 10.6. The molecule has 2 aromatic rings. The van der Waals surface area contributed by atoms with E-state index in [-0.39, 0.29) is 17.0 Å². The van der Waals surface area contributed by atoms with Gasteiger partial charge >= 0.3 is 0 Å². The molecule has 0 aromatic carbocycles. The molecule has 6 heteroatoms. The quantitative estimate of drug-likeness (QED) is 0.819. The molecule has 1 aliphatic carbocycles. The van der Waals surface area contributed by atoms with Crippen molar-refractivity contribution >= 4 is 33.3 Å². The molecule has 3 heterocycles. The highest BCUT2D eigenvalue weighted by Gasteiger charge is 2.47. The van der Waals surface area contributed by atoms with Gasteiger partial charge in [0.05, 0.1) is 9.50 Å². The lowest BCUT2D eigenvalue weighted by Gasteiger charge is -2.25. The number of rotatable bonds is 1. The Kier molecular flexibility index (Phi) is 3.31. The lowest BCUT2D eigenvalue weighted by molar-refractivity contribution is 0.436. The summed E-state index contributed by atoms with van der Waals surface area (Å²) in [6.45, 7) is 0.837. The van der Waals surface area contributed by atoms with Crippen LogP contribution in [0.15, 0.2) is 39.9 Å². The van der Waals surface area contributed by atoms with Crippen molar-refractivity contribution in [3.05, 3.63) is 56.0 Å². The van der Waals surface area contributed by atoms with Crippen molar-refractivity contribution in [2.75, 3.05) is 11.9 Å². The van der Waals surface area contributed by atoms with E-state index in [4.69, 9.17) is 11.6 Å². The zero-order valence-corrected chi connectivity index (χ0v) is 14.2. The average Bonchev–Trinajstić information content (AvgIpc) is 3.10. The Morgan fingerprint density at radius 1 is 1.45 bits per heavy atom. The summed E-state index contributed by atoms with van der Waals surface area (Å²) < 4.78 is 2.68. The van der Waals surface area contributed by atoms with Crippen molar-refractivity contribution in [2.24, 2.45) is 0 Å². The van der Waals surface area contributed by atoms with E-state index < -0.39 is 0 Å². The van der Waals surface area contributed by atoms with Crippen molar-refractivity contribution in [2.45, 2.75) is 30.7 Å². The van der Waals surface area contributed by atoms with Crippen LogP contribution >= 0.6 is 27.5 Å². The van der Waals surface area contributed by atoms with Gasteiger partial charge in [-0.25, -0.2) is 4.98 Å². The maximum atomic E-state index is 12.1. The summed E-state index contributed by atoms with van der Waals surface area (Å²) in [5.41, 5.74) is 1.15. The van der Waals surface area contributed by atoms with Crippen LogP contribution in [0.25, 0.3) is 0 Å². The standard InChI is InChI=1S/C16H15BrClN3O/c17-11-8-19-15-13(14(11)18)16(9-20-15)5-4-10(7-16)21-6-2-1-3-12(21)22/h1-3,6,8,10H,4-5,7,9H2,(H,19,20). The summed E-state index contributed by atoms with van der Waals surface area (Å²) in [5.74, 6) is 0.884. The summed E-state index contributed by atoms with van der Waals surface area (Å²) in [5, 5.41) is 4.13. The van der Waals surface area contributed by atoms with E-state index in [0.29, 0.717) is 0 Å². The molecular formula is C16H15BrClN3O. The highest BCUT2D eigenvalue weighted by molar-refractivity contribution is 9.10. The minimum Gasteiger partial charge on any atom is -0.369 e. The largest absolute Gasteiger partial charge is 0.369 e. The Labute approximate surface area is 141 Å². The molecule has 2 unspecified atom stereocenters. The molecule has 1 saturated carbocycles. The maximum absolute atomic E-state index is 12.1. The molecule has 1 N–H and O–H groups in total. The van der Waals surface area contributed by atoms with Crippen LogP contribution in [0.3, 0.4) is 0 Å². The number of nitrogens with one attached hydrogen (secondary N) is 1. The van der Waals surface area contributed by atoms with Gasteiger partial charge in [0.15, 0.2) is 0 Å². The molecule has 4 rings (SSSR count). The van der Waals surface area contributed by atoms with Gasteiger partial charge in [-0.1, -0.05) is 17.7 Å². The molecule has 0 radical (unpaired) electrons. The van der Waals surface area contributed by atoms with E-state index in [1.807, 2.05) is 16.8 Å². The van der Waals surface area contributed by atoms with Gasteiger partial charge in [0.1, 0.15) is 5.82 Å². The first-order valence-electron chi connectivity index (χ1n) is 7.36. The van der Waals surface area contributed by atoms with E-state index >= 15 is 0 Å². The molecule has 22 heavy (non-hydrogen) atoms. The number of hydrogen-bond acceptors (Lipinski definition) is 3. The monoisotopic (exact) mass is 379 g/mol. The smallest absolute Gasteiger partial charge is 0.250 e. The SMILES string of the molecule is O=c1ccccn1C1CCC2(CNc3ncc(Br)c(Cl)c32)C1. The van der Waals surface area contributed by atoms with Crippen LogP contribution in [0, 0.1) is 0 Å². The third-order valence-electron chi connectivity index (χ3n) is 4.92. The molecule has 1 spiro atoms. The minimum atomic E-state index is -0.0247. The topological polar surface area (TPSA) is 46.9 Å². The van der Waals surface area contributed by atoms with Crippen molar-refractivity contribution < 1.29 is 0 Å². The number of anilines is 1. The zero-order chi connectivity index (χ0) is 15.3. The Bertz CT molecular complexity index is 806. The van der Waals surface area contributed by atoms with Gasteiger partial charge in [0.25, 0.3) is 5.56 Å². The molecule has 0 saturated heterocycles. The fourth-order valence-electron chi connectivity index (χ4n) is 3.89. The van der Waals surface area contributed by atoms with E-state index in [0.717, 1.165) is 46.7 Å². The Morgan fingerprint density at radius 2 is 2.32 bits per heavy atom. The second-order valence-electron chi connectivity index (χ2n) is 6.12. The van der Waals surface area contributed by atoms with Crippen LogP contribution in [-0.2, 0) is 5.41 Å². The van der Waals surface area contributed by atoms with Gasteiger partial charge < -0.3 is 9.88 Å². The molecule has 1 fully saturated rings. The van der Waals surface area contributed by atoms with Gasteiger partial charge in [-0.2, -0.15) is 0 Å². The number of halogens is 2. The van der Waals surface area contributed by atoms with Crippen LogP contribution in [0.1, 0.15) is 30.9 Å². The fraction of sp³-hybridized carbons (Fsp3) is 0.375. The van der Waals surface area contributed by atoms with Crippen LogP contribution in [0.2, 0.25) is 5.02 Å². The van der Waals surface area contributed by atoms with E-state index in [2.05, 4.69) is 26.2 Å². The lowest BCUT2D eigenvalue weighted by Crippen LogP contribution is -2.28. The van der Waals surface area contributed by atoms with Gasteiger partial charge in [0, 0.05) is 42.0 Å². The van der Waals surface area contributed by atoms with Gasteiger partial charge in [0.2, 0.25) is 0 Å². The van der Waals surface area contributed by atoms with E-state index in [9.17, 15) is 4.79 Å². The molecule has 4 nitrogen and oxygen atoms in total. The summed E-state index contributed by atoms with van der Waals surface area (Å²) in [6, 6.07) is 5.54. The highest BCUT2D eigenvalue weighted by atomic mass is 79.9. The molecule has 0 amide bonds. The minimum absolute atomic E-state index is 0.0247. The number of nitrogens with zero attached hydrogens (tertiary/aromatic N) is 2. The first kappa shape index (κ1) is 14.3. The van der Waals surface area contributed by atoms with E-state index in [1.54, 1.807) is 18.3 Å². The second kappa shape index (κ2) is 5.10. The van der Waals surface area contributed by atoms with Crippen LogP contribution < -0.4 is 10.9 Å². The Morgan fingerprint density at radius 3 is 3.14 bits per heavy atom. The Balaban J connectivity index is 1.75. The Hall–Kier alpha value is -1.33. The van der Waals surface area contributed by atoms with Crippen molar-refractivity contribution in [3.63, 3.8) is 0 Å². The van der Waals surface area contributed by atoms with Crippen molar-refractivity contribution in [1.29, 1.82) is 0 Å². The van der Waals surface area contributed by atoms with E-state index in [1.165, 1.54) is 0 Å². The molecule has 114 valence electrons. The molecule has 2 atom stereocenters. The third-order valence-corrected chi connectivity index (χ3v) is 6.15. The van der Waals surface area contributed by atoms with Crippen LogP contribution in [0.4, 0.5) is 5.82 Å². The summed E-state index contributed by atoms with van der Waals surface area (Å²) in [6.07, 6.45) is 6.52. The number of hydrogen-bond donors (Lipinski definition) is 1. The van der Waals surface area contributed by atoms with Crippen LogP contribution in [-0.4, -0.2) is 16.1 Å². The molecule has 2 aliphatic rings. The van der Waals surface area contributed by atoms with Gasteiger partial charge in [-0.05, 0) is 41.3 Å². The normalized spacial score (nSPS) is 26.2. The molecule has 1 aliphatic heterocycles. The van der Waals surface area contributed by atoms with Crippen molar-refractivity contribution in [1.82, 2.24) is 9.55 Å². The summed E-state index contributed by atoms with van der Waals surface area (Å²) in [4.78, 5) is 16.5. The highest BCUT2D eigenvalue weighted by Crippen LogP contribution is 2.53. The molecule has 2 aromatic heterocycles. The lowest BCUT2D eigenvalue weighted by atomic mass is 9.81. The third kappa shape index (κ3) is 2.02. The second-order valence-corrected chi connectivity index (χ2v) is 7.35. The first-order valence-corrected chi connectivity index (χ1v) is 8.53. The number of fused-ring (bicyclic) bond motifs is 2. The molecule has 0 bridgehead atoms. The van der Waals surface area contributed by atoms with Gasteiger partial charge in [-0.3, -0.25) is 4.79 Å². The fourth-order valence-corrected chi connectivity index (χ4v) is 4.53. The number of pyridine rings is 2. The van der Waals surface area contributed by atoms with Crippen LogP contribution in [0.5, 0.6) is 0 Å². The maximum Gasteiger partial charge on any atom is 0.250 e. The summed E-state index contributed by atoms with van der Waals surface area (Å²) >= 11 is 10.0.